The van der Waals surface area contributed by atoms with Crippen LogP contribution in [0, 0.1) is 11.6 Å². The Morgan fingerprint density at radius 2 is 1.90 bits per heavy atom. The normalized spacial score (nSPS) is 10.9. The molecule has 0 spiro atoms. The fourth-order valence-corrected chi connectivity index (χ4v) is 3.12. The van der Waals surface area contributed by atoms with Crippen LogP contribution >= 0.6 is 11.6 Å². The lowest BCUT2D eigenvalue weighted by atomic mass is 10.1. The molecule has 1 heterocycles. The Bertz CT molecular complexity index is 1100. The maximum atomic E-state index is 13.2. The lowest BCUT2D eigenvalue weighted by molar-refractivity contribution is -0.115. The van der Waals surface area contributed by atoms with Crippen LogP contribution in [0.15, 0.2) is 48.7 Å². The van der Waals surface area contributed by atoms with Crippen LogP contribution in [0.3, 0.4) is 0 Å². The Hall–Kier alpha value is -3.26. The third kappa shape index (κ3) is 4.83. The van der Waals surface area contributed by atoms with Crippen LogP contribution in [0.1, 0.15) is 35.8 Å². The van der Waals surface area contributed by atoms with E-state index in [9.17, 15) is 18.4 Å². The molecule has 0 radical (unpaired) electrons. The van der Waals surface area contributed by atoms with Crippen molar-refractivity contribution in [2.24, 2.45) is 0 Å². The van der Waals surface area contributed by atoms with Gasteiger partial charge < -0.3 is 10.6 Å². The maximum absolute atomic E-state index is 13.2. The molecule has 0 fully saturated rings. The van der Waals surface area contributed by atoms with Crippen molar-refractivity contribution in [2.45, 2.75) is 19.8 Å². The molecule has 0 aliphatic heterocycles. The first-order valence-corrected chi connectivity index (χ1v) is 9.51. The van der Waals surface area contributed by atoms with Gasteiger partial charge in [-0.1, -0.05) is 31.5 Å². The molecule has 0 saturated heterocycles. The lowest BCUT2D eigenvalue weighted by Crippen LogP contribution is -2.33. The maximum Gasteiger partial charge on any atom is 0.255 e. The number of carbonyl (C=O) groups excluding carboxylic acids is 2. The number of amides is 2. The summed E-state index contributed by atoms with van der Waals surface area (Å²) in [5, 5.41) is 9.76. The molecule has 0 unspecified atom stereocenters. The number of hydrogen-bond acceptors (Lipinski definition) is 3. The summed E-state index contributed by atoms with van der Waals surface area (Å²) in [6, 6.07) is 10.1. The number of nitrogens with zero attached hydrogens (tertiary/aromatic N) is 2. The van der Waals surface area contributed by atoms with E-state index in [-0.39, 0.29) is 18.2 Å². The second-order valence-corrected chi connectivity index (χ2v) is 7.29. The van der Waals surface area contributed by atoms with Crippen molar-refractivity contribution in [3.8, 4) is 5.69 Å². The van der Waals surface area contributed by atoms with Crippen LogP contribution < -0.4 is 10.6 Å². The Labute approximate surface area is 176 Å². The van der Waals surface area contributed by atoms with Gasteiger partial charge in [0.05, 0.1) is 29.7 Å². The quantitative estimate of drug-likeness (QED) is 0.610. The number of aromatic nitrogens is 2. The van der Waals surface area contributed by atoms with Gasteiger partial charge in [-0.25, -0.2) is 13.5 Å². The Morgan fingerprint density at radius 3 is 2.57 bits per heavy atom. The first kappa shape index (κ1) is 21.4. The number of nitrogens with one attached hydrogen (secondary N) is 2. The molecule has 2 amide bonds. The van der Waals surface area contributed by atoms with Crippen molar-refractivity contribution < 1.29 is 18.4 Å². The third-order valence-corrected chi connectivity index (χ3v) is 4.50. The summed E-state index contributed by atoms with van der Waals surface area (Å²) in [6.45, 7) is 3.49. The molecule has 0 aliphatic rings. The summed E-state index contributed by atoms with van der Waals surface area (Å²) in [4.78, 5) is 24.7. The molecule has 9 heteroatoms. The smallest absolute Gasteiger partial charge is 0.255 e. The number of rotatable bonds is 6. The molecule has 156 valence electrons. The second-order valence-electron chi connectivity index (χ2n) is 6.85. The van der Waals surface area contributed by atoms with Gasteiger partial charge >= 0.3 is 0 Å². The summed E-state index contributed by atoms with van der Waals surface area (Å²) in [7, 11) is 0. The number of benzene rings is 2. The van der Waals surface area contributed by atoms with Gasteiger partial charge in [0, 0.05) is 16.8 Å². The number of anilines is 1. The monoisotopic (exact) mass is 432 g/mol. The number of carbonyl (C=O) groups is 2. The summed E-state index contributed by atoms with van der Waals surface area (Å²) >= 11 is 6.06. The van der Waals surface area contributed by atoms with Gasteiger partial charge in [0.2, 0.25) is 5.91 Å². The van der Waals surface area contributed by atoms with E-state index in [0.29, 0.717) is 22.0 Å². The lowest BCUT2D eigenvalue weighted by Gasteiger charge is -2.13. The van der Waals surface area contributed by atoms with Gasteiger partial charge in [0.15, 0.2) is 11.6 Å². The molecule has 0 aliphatic carbocycles. The van der Waals surface area contributed by atoms with Gasteiger partial charge in [-0.15, -0.1) is 0 Å². The first-order chi connectivity index (χ1) is 14.3. The first-order valence-electron chi connectivity index (χ1n) is 9.13. The van der Waals surface area contributed by atoms with E-state index in [4.69, 9.17) is 11.6 Å². The van der Waals surface area contributed by atoms with Crippen molar-refractivity contribution >= 4 is 29.1 Å². The highest BCUT2D eigenvalue weighted by molar-refractivity contribution is 6.30. The molecule has 2 N–H and O–H groups in total. The van der Waals surface area contributed by atoms with Crippen LogP contribution in [0.2, 0.25) is 5.02 Å². The predicted octanol–water partition coefficient (Wildman–Crippen LogP) is 4.30. The molecule has 30 heavy (non-hydrogen) atoms. The highest BCUT2D eigenvalue weighted by atomic mass is 35.5. The van der Waals surface area contributed by atoms with Crippen molar-refractivity contribution in [1.82, 2.24) is 15.1 Å². The van der Waals surface area contributed by atoms with Crippen LogP contribution in [-0.2, 0) is 4.79 Å². The molecular weight excluding hydrogens is 414 g/mol. The highest BCUT2D eigenvalue weighted by Crippen LogP contribution is 2.24. The van der Waals surface area contributed by atoms with Crippen LogP contribution in [0.4, 0.5) is 14.5 Å². The molecule has 2 aromatic carbocycles. The van der Waals surface area contributed by atoms with Crippen molar-refractivity contribution in [1.29, 1.82) is 0 Å². The highest BCUT2D eigenvalue weighted by Gasteiger charge is 2.21. The zero-order valence-electron chi connectivity index (χ0n) is 16.2. The Kier molecular flexibility index (Phi) is 6.47. The molecule has 3 aromatic rings. The molecule has 3 rings (SSSR count). The van der Waals surface area contributed by atoms with Gasteiger partial charge in [0.25, 0.3) is 5.91 Å². The van der Waals surface area contributed by atoms with Crippen molar-refractivity contribution in [2.75, 3.05) is 11.9 Å². The molecule has 0 bridgehead atoms. The number of hydrogen-bond donors (Lipinski definition) is 2. The largest absolute Gasteiger partial charge is 0.343 e. The summed E-state index contributed by atoms with van der Waals surface area (Å²) in [5.74, 6) is -3.19. The van der Waals surface area contributed by atoms with Crippen LogP contribution in [-0.4, -0.2) is 28.1 Å². The van der Waals surface area contributed by atoms with Gasteiger partial charge in [-0.05, 0) is 36.2 Å². The van der Waals surface area contributed by atoms with Crippen molar-refractivity contribution in [3.63, 3.8) is 0 Å². The minimum Gasteiger partial charge on any atom is -0.343 e. The minimum absolute atomic E-state index is 0.0387. The molecule has 6 nitrogen and oxygen atoms in total. The molecular formula is C21H19ClF2N4O2. The van der Waals surface area contributed by atoms with E-state index in [1.807, 2.05) is 19.9 Å². The van der Waals surface area contributed by atoms with Gasteiger partial charge in [-0.3, -0.25) is 9.59 Å². The fraction of sp³-hybridized carbons (Fsp3) is 0.190. The minimum atomic E-state index is -1.08. The summed E-state index contributed by atoms with van der Waals surface area (Å²) < 4.78 is 27.8. The summed E-state index contributed by atoms with van der Waals surface area (Å²) in [6.07, 6.45) is 1.43. The predicted molar refractivity (Wildman–Crippen MR) is 110 cm³/mol. The van der Waals surface area contributed by atoms with E-state index >= 15 is 0 Å². The SMILES string of the molecule is CC(C)c1c(C(=O)NCC(=O)Nc2ccc(F)c(F)c2)cnn1-c1cccc(Cl)c1. The van der Waals surface area contributed by atoms with E-state index in [1.54, 1.807) is 22.9 Å². The van der Waals surface area contributed by atoms with E-state index in [0.717, 1.165) is 12.1 Å². The van der Waals surface area contributed by atoms with E-state index < -0.39 is 23.4 Å². The van der Waals surface area contributed by atoms with Gasteiger partial charge in [-0.2, -0.15) is 5.10 Å². The Morgan fingerprint density at radius 1 is 1.13 bits per heavy atom. The summed E-state index contributed by atoms with van der Waals surface area (Å²) in [5.41, 5.74) is 1.78. The molecule has 0 atom stereocenters. The van der Waals surface area contributed by atoms with E-state index in [2.05, 4.69) is 15.7 Å². The fourth-order valence-electron chi connectivity index (χ4n) is 2.94. The topological polar surface area (TPSA) is 76.0 Å². The zero-order valence-corrected chi connectivity index (χ0v) is 17.0. The van der Waals surface area contributed by atoms with Gasteiger partial charge in [0.1, 0.15) is 0 Å². The van der Waals surface area contributed by atoms with Crippen molar-refractivity contribution in [3.05, 3.63) is 76.6 Å². The molecule has 0 saturated carbocycles. The average molecular weight is 433 g/mol. The second kappa shape index (κ2) is 9.04. The van der Waals surface area contributed by atoms with Crippen LogP contribution in [0.25, 0.3) is 5.69 Å². The standard InChI is InChI=1S/C21H19ClF2N4O2/c1-12(2)20-16(10-26-28(20)15-5-3-4-13(22)8-15)21(30)25-11-19(29)27-14-6-7-17(23)18(24)9-14/h3-10,12H,11H2,1-2H3,(H,25,30)(H,27,29). The van der Waals surface area contributed by atoms with Crippen LogP contribution in [0.5, 0.6) is 0 Å². The Balaban J connectivity index is 1.72. The number of halogens is 3. The zero-order chi connectivity index (χ0) is 21.8. The molecule has 1 aromatic heterocycles. The third-order valence-electron chi connectivity index (χ3n) is 4.26. The van der Waals surface area contributed by atoms with E-state index in [1.165, 1.54) is 12.3 Å². The average Bonchev–Trinajstić information content (AvgIpc) is 3.14.